The first-order valence-corrected chi connectivity index (χ1v) is 5.63. The second-order valence-corrected chi connectivity index (χ2v) is 4.22. The minimum absolute atomic E-state index is 0.118. The SMILES string of the molecule is Cc1cc(F)ccc1C(=O)c1ccc(C(F)(F)F)cn1. The monoisotopic (exact) mass is 283 g/mol. The number of halogens is 4. The molecule has 0 aliphatic heterocycles. The molecule has 0 fully saturated rings. The van der Waals surface area contributed by atoms with Crippen molar-refractivity contribution in [2.45, 2.75) is 13.1 Å². The van der Waals surface area contributed by atoms with Gasteiger partial charge in [0.2, 0.25) is 5.78 Å². The number of hydrogen-bond donors (Lipinski definition) is 0. The van der Waals surface area contributed by atoms with Gasteiger partial charge < -0.3 is 0 Å². The molecule has 2 nitrogen and oxygen atoms in total. The van der Waals surface area contributed by atoms with E-state index in [4.69, 9.17) is 0 Å². The van der Waals surface area contributed by atoms with Gasteiger partial charge in [0.25, 0.3) is 0 Å². The maximum Gasteiger partial charge on any atom is 0.417 e. The Morgan fingerprint density at radius 2 is 1.85 bits per heavy atom. The lowest BCUT2D eigenvalue weighted by molar-refractivity contribution is -0.137. The number of hydrogen-bond acceptors (Lipinski definition) is 2. The Morgan fingerprint density at radius 1 is 1.15 bits per heavy atom. The smallest absolute Gasteiger partial charge is 0.287 e. The molecule has 0 saturated heterocycles. The van der Waals surface area contributed by atoms with E-state index in [9.17, 15) is 22.4 Å². The summed E-state index contributed by atoms with van der Waals surface area (Å²) in [6.45, 7) is 1.54. The van der Waals surface area contributed by atoms with Crippen LogP contribution < -0.4 is 0 Å². The van der Waals surface area contributed by atoms with E-state index in [2.05, 4.69) is 4.98 Å². The van der Waals surface area contributed by atoms with Gasteiger partial charge in [-0.25, -0.2) is 4.39 Å². The second-order valence-electron chi connectivity index (χ2n) is 4.22. The maximum atomic E-state index is 12.9. The zero-order valence-corrected chi connectivity index (χ0v) is 10.3. The number of aromatic nitrogens is 1. The number of carbonyl (C=O) groups is 1. The van der Waals surface area contributed by atoms with Gasteiger partial charge in [-0.2, -0.15) is 13.2 Å². The molecular weight excluding hydrogens is 274 g/mol. The molecule has 0 saturated carbocycles. The van der Waals surface area contributed by atoms with Gasteiger partial charge in [0.1, 0.15) is 11.5 Å². The lowest BCUT2D eigenvalue weighted by Gasteiger charge is -2.07. The van der Waals surface area contributed by atoms with E-state index in [0.29, 0.717) is 11.8 Å². The molecule has 1 heterocycles. The predicted molar refractivity (Wildman–Crippen MR) is 63.8 cm³/mol. The average molecular weight is 283 g/mol. The van der Waals surface area contributed by atoms with Crippen molar-refractivity contribution < 1.29 is 22.4 Å². The first-order valence-electron chi connectivity index (χ1n) is 5.63. The molecule has 20 heavy (non-hydrogen) atoms. The Labute approximate surface area is 112 Å². The number of ketones is 1. The number of aryl methyl sites for hydroxylation is 1. The molecule has 0 bridgehead atoms. The molecule has 0 aliphatic carbocycles. The number of alkyl halides is 3. The summed E-state index contributed by atoms with van der Waals surface area (Å²) in [5, 5.41) is 0. The molecule has 0 atom stereocenters. The summed E-state index contributed by atoms with van der Waals surface area (Å²) in [4.78, 5) is 15.6. The van der Waals surface area contributed by atoms with Crippen LogP contribution in [0.5, 0.6) is 0 Å². The molecule has 0 amide bonds. The molecule has 6 heteroatoms. The summed E-state index contributed by atoms with van der Waals surface area (Å²) < 4.78 is 50.1. The number of nitrogens with zero attached hydrogens (tertiary/aromatic N) is 1. The van der Waals surface area contributed by atoms with E-state index < -0.39 is 23.3 Å². The third-order valence-corrected chi connectivity index (χ3v) is 2.76. The summed E-state index contributed by atoms with van der Waals surface area (Å²) in [6.07, 6.45) is -3.90. The zero-order chi connectivity index (χ0) is 14.9. The van der Waals surface area contributed by atoms with Crippen molar-refractivity contribution in [2.75, 3.05) is 0 Å². The van der Waals surface area contributed by atoms with Crippen molar-refractivity contribution in [2.24, 2.45) is 0 Å². The molecule has 0 spiro atoms. The molecule has 2 rings (SSSR count). The van der Waals surface area contributed by atoms with Gasteiger partial charge in [-0.05, 0) is 42.8 Å². The van der Waals surface area contributed by atoms with Gasteiger partial charge in [-0.1, -0.05) is 0 Å². The van der Waals surface area contributed by atoms with E-state index in [0.717, 1.165) is 18.2 Å². The van der Waals surface area contributed by atoms with Crippen LogP contribution in [0.1, 0.15) is 27.2 Å². The van der Waals surface area contributed by atoms with Gasteiger partial charge in [0.15, 0.2) is 0 Å². The van der Waals surface area contributed by atoms with Crippen LogP contribution in [0.25, 0.3) is 0 Å². The highest BCUT2D eigenvalue weighted by Gasteiger charge is 2.31. The van der Waals surface area contributed by atoms with Crippen molar-refractivity contribution in [3.8, 4) is 0 Å². The van der Waals surface area contributed by atoms with Gasteiger partial charge in [0, 0.05) is 11.8 Å². The van der Waals surface area contributed by atoms with Crippen LogP contribution in [0.2, 0.25) is 0 Å². The van der Waals surface area contributed by atoms with Crippen molar-refractivity contribution in [3.05, 3.63) is 64.7 Å². The summed E-state index contributed by atoms with van der Waals surface area (Å²) in [5.74, 6) is -1.03. The van der Waals surface area contributed by atoms with Crippen LogP contribution in [0, 0.1) is 12.7 Å². The normalized spacial score (nSPS) is 11.4. The Hall–Kier alpha value is -2.24. The van der Waals surface area contributed by atoms with E-state index in [1.807, 2.05) is 0 Å². The van der Waals surface area contributed by atoms with Crippen LogP contribution in [0.3, 0.4) is 0 Å². The topological polar surface area (TPSA) is 30.0 Å². The molecule has 0 N–H and O–H groups in total. The summed E-state index contributed by atoms with van der Waals surface area (Å²) >= 11 is 0. The van der Waals surface area contributed by atoms with Crippen LogP contribution >= 0.6 is 0 Å². The van der Waals surface area contributed by atoms with E-state index in [1.165, 1.54) is 12.1 Å². The van der Waals surface area contributed by atoms with Crippen molar-refractivity contribution >= 4 is 5.78 Å². The van der Waals surface area contributed by atoms with Crippen molar-refractivity contribution in [3.63, 3.8) is 0 Å². The second kappa shape index (κ2) is 5.03. The van der Waals surface area contributed by atoms with E-state index in [-0.39, 0.29) is 11.3 Å². The van der Waals surface area contributed by atoms with Crippen LogP contribution in [0.4, 0.5) is 17.6 Å². The number of benzene rings is 1. The van der Waals surface area contributed by atoms with Gasteiger partial charge in [-0.15, -0.1) is 0 Å². The molecule has 0 unspecified atom stereocenters. The summed E-state index contributed by atoms with van der Waals surface area (Å²) in [5.41, 5.74) is -0.437. The zero-order valence-electron chi connectivity index (χ0n) is 10.3. The molecule has 1 aromatic carbocycles. The fraction of sp³-hybridized carbons (Fsp3) is 0.143. The van der Waals surface area contributed by atoms with Gasteiger partial charge in [-0.3, -0.25) is 9.78 Å². The summed E-state index contributed by atoms with van der Waals surface area (Å²) in [6, 6.07) is 5.38. The fourth-order valence-corrected chi connectivity index (χ4v) is 1.72. The Balaban J connectivity index is 2.34. The Bertz CT molecular complexity index is 647. The highest BCUT2D eigenvalue weighted by molar-refractivity contribution is 6.08. The molecule has 0 aliphatic rings. The minimum atomic E-state index is -4.50. The van der Waals surface area contributed by atoms with Gasteiger partial charge in [0.05, 0.1) is 5.56 Å². The lowest BCUT2D eigenvalue weighted by Crippen LogP contribution is -2.10. The molecule has 0 radical (unpaired) electrons. The minimum Gasteiger partial charge on any atom is -0.287 e. The molecule has 2 aromatic rings. The largest absolute Gasteiger partial charge is 0.417 e. The lowest BCUT2D eigenvalue weighted by atomic mass is 10.0. The fourth-order valence-electron chi connectivity index (χ4n) is 1.72. The van der Waals surface area contributed by atoms with Crippen LogP contribution in [0.15, 0.2) is 36.5 Å². The number of carbonyl (C=O) groups excluding carboxylic acids is 1. The van der Waals surface area contributed by atoms with Crippen molar-refractivity contribution in [1.29, 1.82) is 0 Å². The van der Waals surface area contributed by atoms with Gasteiger partial charge >= 0.3 is 6.18 Å². The van der Waals surface area contributed by atoms with Crippen molar-refractivity contribution in [1.82, 2.24) is 4.98 Å². The highest BCUT2D eigenvalue weighted by atomic mass is 19.4. The number of rotatable bonds is 2. The maximum absolute atomic E-state index is 12.9. The first kappa shape index (κ1) is 14.2. The Kier molecular flexibility index (Phi) is 3.57. The van der Waals surface area contributed by atoms with Crippen LogP contribution in [-0.2, 0) is 6.18 Å². The third kappa shape index (κ3) is 2.84. The van der Waals surface area contributed by atoms with E-state index in [1.54, 1.807) is 6.92 Å². The average Bonchev–Trinajstić information content (AvgIpc) is 2.37. The predicted octanol–water partition coefficient (Wildman–Crippen LogP) is 3.78. The quantitative estimate of drug-likeness (QED) is 0.620. The first-order chi connectivity index (χ1) is 9.29. The highest BCUT2D eigenvalue weighted by Crippen LogP contribution is 2.28. The van der Waals surface area contributed by atoms with E-state index >= 15 is 0 Å². The molecule has 1 aromatic heterocycles. The summed E-state index contributed by atoms with van der Waals surface area (Å²) in [7, 11) is 0. The third-order valence-electron chi connectivity index (χ3n) is 2.76. The molecular formula is C14H9F4NO. The molecule has 104 valence electrons. The van der Waals surface area contributed by atoms with Crippen LogP contribution in [-0.4, -0.2) is 10.8 Å². The number of pyridine rings is 1. The Morgan fingerprint density at radius 3 is 2.35 bits per heavy atom. The standard InChI is InChI=1S/C14H9F4NO/c1-8-6-10(15)3-4-11(8)13(20)12-5-2-9(7-19-12)14(16,17)18/h2-7H,1H3.